The lowest BCUT2D eigenvalue weighted by atomic mass is 10.0. The fourth-order valence-corrected chi connectivity index (χ4v) is 2.00. The molecule has 3 nitrogen and oxygen atoms in total. The topological polar surface area (TPSA) is 41.1 Å². The van der Waals surface area contributed by atoms with E-state index < -0.39 is 0 Å². The highest BCUT2D eigenvalue weighted by atomic mass is 16.1. The first-order valence-corrected chi connectivity index (χ1v) is 5.91. The third kappa shape index (κ3) is 3.07. The summed E-state index contributed by atoms with van der Waals surface area (Å²) in [5.74, 6) is 0.142. The Labute approximate surface area is 96.2 Å². The van der Waals surface area contributed by atoms with Crippen LogP contribution >= 0.6 is 0 Å². The minimum Gasteiger partial charge on any atom is -0.356 e. The second kappa shape index (κ2) is 5.66. The molecule has 86 valence electrons. The Balaban J connectivity index is 2.08. The molecule has 1 saturated heterocycles. The van der Waals surface area contributed by atoms with E-state index in [0.717, 1.165) is 25.9 Å². The number of carbonyl (C=O) groups is 1. The van der Waals surface area contributed by atoms with Gasteiger partial charge in [0.15, 0.2) is 0 Å². The maximum absolute atomic E-state index is 11.6. The van der Waals surface area contributed by atoms with Gasteiger partial charge in [-0.05, 0) is 24.9 Å². The minimum atomic E-state index is 0.142. The molecule has 1 aromatic carbocycles. The van der Waals surface area contributed by atoms with Crippen LogP contribution < -0.4 is 10.6 Å². The van der Waals surface area contributed by atoms with Crippen molar-refractivity contribution >= 4 is 5.91 Å². The summed E-state index contributed by atoms with van der Waals surface area (Å²) < 4.78 is 0. The number of hydrogen-bond acceptors (Lipinski definition) is 2. The quantitative estimate of drug-likeness (QED) is 0.752. The molecule has 1 atom stereocenters. The molecule has 0 spiro atoms. The molecule has 1 amide bonds. The molecule has 1 fully saturated rings. The van der Waals surface area contributed by atoms with Gasteiger partial charge in [-0.2, -0.15) is 0 Å². The molecule has 0 aromatic heterocycles. The van der Waals surface area contributed by atoms with Crippen molar-refractivity contribution in [3.05, 3.63) is 35.9 Å². The van der Waals surface area contributed by atoms with Crippen LogP contribution in [0.2, 0.25) is 0 Å². The Bertz CT molecular complexity index is 337. The molecule has 0 saturated carbocycles. The first-order chi connectivity index (χ1) is 7.86. The normalized spacial score (nSPS) is 22.8. The summed E-state index contributed by atoms with van der Waals surface area (Å²) in [6, 6.07) is 10.3. The Morgan fingerprint density at radius 1 is 1.06 bits per heavy atom. The lowest BCUT2D eigenvalue weighted by Gasteiger charge is -2.17. The second-order valence-corrected chi connectivity index (χ2v) is 4.18. The lowest BCUT2D eigenvalue weighted by molar-refractivity contribution is -0.121. The number of hydrogen-bond donors (Lipinski definition) is 2. The molecule has 16 heavy (non-hydrogen) atoms. The maximum atomic E-state index is 11.6. The molecule has 0 radical (unpaired) electrons. The second-order valence-electron chi connectivity index (χ2n) is 4.18. The summed E-state index contributed by atoms with van der Waals surface area (Å²) in [5.41, 5.74) is 1.19. The zero-order valence-corrected chi connectivity index (χ0v) is 9.41. The summed E-state index contributed by atoms with van der Waals surface area (Å²) in [4.78, 5) is 11.6. The van der Waals surface area contributed by atoms with E-state index in [-0.39, 0.29) is 11.9 Å². The first-order valence-electron chi connectivity index (χ1n) is 5.91. The number of benzene rings is 1. The fourth-order valence-electron chi connectivity index (χ4n) is 2.00. The number of rotatable bonds is 1. The van der Waals surface area contributed by atoms with Crippen molar-refractivity contribution in [3.8, 4) is 0 Å². The zero-order valence-electron chi connectivity index (χ0n) is 9.41. The lowest BCUT2D eigenvalue weighted by Crippen LogP contribution is -2.28. The fraction of sp³-hybridized carbons (Fsp3) is 0.462. The van der Waals surface area contributed by atoms with Gasteiger partial charge in [0.05, 0.1) is 0 Å². The van der Waals surface area contributed by atoms with Crippen molar-refractivity contribution in [1.82, 2.24) is 10.6 Å². The van der Waals surface area contributed by atoms with Crippen LogP contribution in [0, 0.1) is 0 Å². The van der Waals surface area contributed by atoms with Crippen LogP contribution in [-0.4, -0.2) is 19.0 Å². The van der Waals surface area contributed by atoms with E-state index in [1.54, 1.807) is 0 Å². The van der Waals surface area contributed by atoms with Crippen LogP contribution in [0.15, 0.2) is 30.3 Å². The van der Waals surface area contributed by atoms with Crippen molar-refractivity contribution in [3.63, 3.8) is 0 Å². The molecule has 1 aromatic rings. The molecule has 1 heterocycles. The van der Waals surface area contributed by atoms with Crippen LogP contribution in [0.3, 0.4) is 0 Å². The van der Waals surface area contributed by atoms with Crippen molar-refractivity contribution in [1.29, 1.82) is 0 Å². The summed E-state index contributed by atoms with van der Waals surface area (Å²) in [7, 11) is 0. The summed E-state index contributed by atoms with van der Waals surface area (Å²) in [6.07, 6.45) is 2.70. The van der Waals surface area contributed by atoms with Crippen LogP contribution in [0.4, 0.5) is 0 Å². The highest BCUT2D eigenvalue weighted by Gasteiger charge is 2.16. The van der Waals surface area contributed by atoms with E-state index in [4.69, 9.17) is 0 Å². The molecule has 1 unspecified atom stereocenters. The number of carbonyl (C=O) groups excluding carboxylic acids is 1. The Morgan fingerprint density at radius 3 is 2.62 bits per heavy atom. The third-order valence-corrected chi connectivity index (χ3v) is 2.91. The highest BCUT2D eigenvalue weighted by Crippen LogP contribution is 2.17. The predicted molar refractivity (Wildman–Crippen MR) is 64.0 cm³/mol. The average molecular weight is 218 g/mol. The van der Waals surface area contributed by atoms with Crippen molar-refractivity contribution < 1.29 is 4.79 Å². The Morgan fingerprint density at radius 2 is 1.81 bits per heavy atom. The van der Waals surface area contributed by atoms with Crippen LogP contribution in [0.5, 0.6) is 0 Å². The molecular formula is C13H18N2O. The van der Waals surface area contributed by atoms with E-state index in [1.165, 1.54) is 5.56 Å². The minimum absolute atomic E-state index is 0.142. The van der Waals surface area contributed by atoms with E-state index in [1.807, 2.05) is 18.2 Å². The third-order valence-electron chi connectivity index (χ3n) is 2.91. The maximum Gasteiger partial charge on any atom is 0.221 e. The zero-order chi connectivity index (χ0) is 11.2. The van der Waals surface area contributed by atoms with E-state index in [9.17, 15) is 4.79 Å². The molecular weight excluding hydrogens is 200 g/mol. The predicted octanol–water partition coefficient (Wildman–Crippen LogP) is 1.62. The smallest absolute Gasteiger partial charge is 0.221 e. The largest absolute Gasteiger partial charge is 0.356 e. The summed E-state index contributed by atoms with van der Waals surface area (Å²) in [6.45, 7) is 1.79. The van der Waals surface area contributed by atoms with Gasteiger partial charge in [0, 0.05) is 19.0 Å². The van der Waals surface area contributed by atoms with Crippen LogP contribution in [0.1, 0.15) is 30.9 Å². The van der Waals surface area contributed by atoms with Gasteiger partial charge in [-0.3, -0.25) is 4.79 Å². The number of amides is 1. The highest BCUT2D eigenvalue weighted by molar-refractivity contribution is 5.76. The van der Waals surface area contributed by atoms with Gasteiger partial charge < -0.3 is 10.6 Å². The Hall–Kier alpha value is -1.35. The monoisotopic (exact) mass is 218 g/mol. The standard InChI is InChI=1S/C13H18N2O/c16-13-10-12(11-6-2-1-3-7-11)14-8-4-5-9-15-13/h1-3,6-7,12,14H,4-5,8-10H2,(H,15,16). The van der Waals surface area contributed by atoms with Crippen LogP contribution in [0.25, 0.3) is 0 Å². The number of nitrogens with one attached hydrogen (secondary N) is 2. The van der Waals surface area contributed by atoms with Gasteiger partial charge in [-0.1, -0.05) is 30.3 Å². The molecule has 0 bridgehead atoms. The molecule has 2 rings (SSSR count). The molecule has 2 N–H and O–H groups in total. The SMILES string of the molecule is O=C1CC(c2ccccc2)NCCCCN1. The van der Waals surface area contributed by atoms with Crippen molar-refractivity contribution in [2.24, 2.45) is 0 Å². The van der Waals surface area contributed by atoms with Gasteiger partial charge >= 0.3 is 0 Å². The van der Waals surface area contributed by atoms with E-state index >= 15 is 0 Å². The molecule has 1 aliphatic heterocycles. The van der Waals surface area contributed by atoms with Gasteiger partial charge in [-0.25, -0.2) is 0 Å². The Kier molecular flexibility index (Phi) is 3.94. The summed E-state index contributed by atoms with van der Waals surface area (Å²) >= 11 is 0. The van der Waals surface area contributed by atoms with Crippen molar-refractivity contribution in [2.75, 3.05) is 13.1 Å². The molecule has 1 aliphatic rings. The van der Waals surface area contributed by atoms with E-state index in [0.29, 0.717) is 6.42 Å². The van der Waals surface area contributed by atoms with E-state index in [2.05, 4.69) is 22.8 Å². The van der Waals surface area contributed by atoms with Gasteiger partial charge in [0.25, 0.3) is 0 Å². The van der Waals surface area contributed by atoms with Gasteiger partial charge in [0.2, 0.25) is 5.91 Å². The molecule has 0 aliphatic carbocycles. The first kappa shape index (κ1) is 11.1. The van der Waals surface area contributed by atoms with Gasteiger partial charge in [0.1, 0.15) is 0 Å². The average Bonchev–Trinajstić information content (AvgIpc) is 2.42. The molecule has 3 heteroatoms. The van der Waals surface area contributed by atoms with Gasteiger partial charge in [-0.15, -0.1) is 0 Å². The summed E-state index contributed by atoms with van der Waals surface area (Å²) in [5, 5.41) is 6.39. The van der Waals surface area contributed by atoms with Crippen molar-refractivity contribution in [2.45, 2.75) is 25.3 Å². The van der Waals surface area contributed by atoms with Crippen LogP contribution in [-0.2, 0) is 4.79 Å².